The Morgan fingerprint density at radius 3 is 1.38 bits per heavy atom. The van der Waals surface area contributed by atoms with Crippen molar-refractivity contribution in [1.29, 1.82) is 0 Å². The van der Waals surface area contributed by atoms with E-state index in [0.717, 1.165) is 0 Å². The van der Waals surface area contributed by atoms with Crippen LogP contribution in [0.15, 0.2) is 194 Å². The molecule has 0 saturated heterocycles. The fourth-order valence-electron chi connectivity index (χ4n) is 7.37. The van der Waals surface area contributed by atoms with Crippen LogP contribution in [0.25, 0.3) is 88.0 Å². The maximum atomic E-state index is 2.42. The number of fused-ring (bicyclic) bond motifs is 3. The normalized spacial score (nSPS) is 11.3. The molecule has 0 aliphatic rings. The Labute approximate surface area is 281 Å². The van der Waals surface area contributed by atoms with Crippen LogP contribution in [0.2, 0.25) is 0 Å². The third-order valence-corrected chi connectivity index (χ3v) is 9.67. The van der Waals surface area contributed by atoms with E-state index in [1.54, 1.807) is 0 Å². The van der Waals surface area contributed by atoms with Crippen LogP contribution in [-0.2, 0) is 0 Å². The summed E-state index contributed by atoms with van der Waals surface area (Å²) in [6, 6.07) is 70.8. The second-order valence-corrected chi connectivity index (χ2v) is 12.5. The Morgan fingerprint density at radius 2 is 0.646 bits per heavy atom. The molecule has 0 aliphatic heterocycles. The highest BCUT2D eigenvalue weighted by molar-refractivity contribution is 6.24. The van der Waals surface area contributed by atoms with Crippen molar-refractivity contribution >= 4 is 32.3 Å². The monoisotopic (exact) mass is 608 g/mol. The van der Waals surface area contributed by atoms with E-state index < -0.39 is 0 Å². The Morgan fingerprint density at radius 1 is 0.208 bits per heavy atom. The van der Waals surface area contributed by atoms with E-state index in [1.807, 2.05) is 0 Å². The van der Waals surface area contributed by atoms with E-state index in [4.69, 9.17) is 0 Å². The predicted octanol–water partition coefficient (Wildman–Crippen LogP) is 13.5. The molecule has 9 aromatic rings. The molecule has 0 N–H and O–H groups in total. The van der Waals surface area contributed by atoms with Gasteiger partial charge in [-0.2, -0.15) is 0 Å². The van der Waals surface area contributed by atoms with Gasteiger partial charge in [0.1, 0.15) is 0 Å². The molecule has 0 fully saturated rings. The molecule has 0 heteroatoms. The van der Waals surface area contributed by atoms with Crippen molar-refractivity contribution in [2.24, 2.45) is 0 Å². The maximum absolute atomic E-state index is 2.42. The highest BCUT2D eigenvalue weighted by Crippen LogP contribution is 2.46. The first-order valence-electron chi connectivity index (χ1n) is 16.6. The Hall–Kier alpha value is -6.24. The number of rotatable bonds is 5. The van der Waals surface area contributed by atoms with E-state index in [2.05, 4.69) is 194 Å². The SMILES string of the molecule is c1ccc(-c2ccc(-c3c4ccccc4c(-c4cccc5ccccc45)c4ccc(-c5cccc(-c6ccccc6)c5)cc34)cc2)cc1. The van der Waals surface area contributed by atoms with Crippen molar-refractivity contribution in [2.75, 3.05) is 0 Å². The summed E-state index contributed by atoms with van der Waals surface area (Å²) in [5.41, 5.74) is 12.4. The zero-order chi connectivity index (χ0) is 31.9. The summed E-state index contributed by atoms with van der Waals surface area (Å²) in [7, 11) is 0. The quantitative estimate of drug-likeness (QED) is 0.171. The fraction of sp³-hybridized carbons (Fsp3) is 0. The van der Waals surface area contributed by atoms with Gasteiger partial charge in [0.05, 0.1) is 0 Å². The molecule has 224 valence electrons. The molecule has 0 saturated carbocycles. The zero-order valence-corrected chi connectivity index (χ0v) is 26.5. The lowest BCUT2D eigenvalue weighted by Gasteiger charge is -2.20. The summed E-state index contributed by atoms with van der Waals surface area (Å²) >= 11 is 0. The van der Waals surface area contributed by atoms with Gasteiger partial charge in [-0.25, -0.2) is 0 Å². The molecule has 0 spiro atoms. The van der Waals surface area contributed by atoms with Crippen LogP contribution in [0.5, 0.6) is 0 Å². The lowest BCUT2D eigenvalue weighted by molar-refractivity contribution is 1.59. The van der Waals surface area contributed by atoms with Crippen molar-refractivity contribution < 1.29 is 0 Å². The van der Waals surface area contributed by atoms with Gasteiger partial charge in [-0.3, -0.25) is 0 Å². The van der Waals surface area contributed by atoms with Crippen LogP contribution in [0, 0.1) is 0 Å². The molecular weight excluding hydrogens is 577 g/mol. The smallest absolute Gasteiger partial charge is 0.00201 e. The van der Waals surface area contributed by atoms with Crippen molar-refractivity contribution in [3.05, 3.63) is 194 Å². The first kappa shape index (κ1) is 28.0. The van der Waals surface area contributed by atoms with Gasteiger partial charge in [0.15, 0.2) is 0 Å². The average molecular weight is 609 g/mol. The zero-order valence-electron chi connectivity index (χ0n) is 26.5. The van der Waals surface area contributed by atoms with Crippen molar-refractivity contribution in [3.8, 4) is 55.6 Å². The van der Waals surface area contributed by atoms with E-state index in [0.29, 0.717) is 0 Å². The highest BCUT2D eigenvalue weighted by atomic mass is 14.2. The van der Waals surface area contributed by atoms with Crippen LogP contribution < -0.4 is 0 Å². The lowest BCUT2D eigenvalue weighted by atomic mass is 9.83. The summed E-state index contributed by atoms with van der Waals surface area (Å²) < 4.78 is 0. The van der Waals surface area contributed by atoms with Gasteiger partial charge in [-0.15, -0.1) is 0 Å². The third-order valence-electron chi connectivity index (χ3n) is 9.67. The molecule has 0 atom stereocenters. The van der Waals surface area contributed by atoms with Gasteiger partial charge in [0, 0.05) is 0 Å². The van der Waals surface area contributed by atoms with E-state index in [-0.39, 0.29) is 0 Å². The minimum Gasteiger partial charge on any atom is -0.0622 e. The van der Waals surface area contributed by atoms with Gasteiger partial charge >= 0.3 is 0 Å². The maximum Gasteiger partial charge on any atom is -0.00201 e. The van der Waals surface area contributed by atoms with E-state index >= 15 is 0 Å². The average Bonchev–Trinajstić information content (AvgIpc) is 3.17. The minimum atomic E-state index is 1.21. The molecule has 0 nitrogen and oxygen atoms in total. The van der Waals surface area contributed by atoms with Crippen molar-refractivity contribution in [2.45, 2.75) is 0 Å². The fourth-order valence-corrected chi connectivity index (χ4v) is 7.37. The first-order valence-corrected chi connectivity index (χ1v) is 16.6. The van der Waals surface area contributed by atoms with Gasteiger partial charge in [0.25, 0.3) is 0 Å². The molecule has 0 radical (unpaired) electrons. The lowest BCUT2D eigenvalue weighted by Crippen LogP contribution is -1.92. The van der Waals surface area contributed by atoms with Crippen LogP contribution >= 0.6 is 0 Å². The van der Waals surface area contributed by atoms with E-state index in [1.165, 1.54) is 88.0 Å². The highest BCUT2D eigenvalue weighted by Gasteiger charge is 2.19. The van der Waals surface area contributed by atoms with Gasteiger partial charge in [-0.1, -0.05) is 182 Å². The summed E-state index contributed by atoms with van der Waals surface area (Å²) in [4.78, 5) is 0. The van der Waals surface area contributed by atoms with Crippen molar-refractivity contribution in [3.63, 3.8) is 0 Å². The third kappa shape index (κ3) is 4.87. The van der Waals surface area contributed by atoms with E-state index in [9.17, 15) is 0 Å². The number of hydrogen-bond acceptors (Lipinski definition) is 0. The summed E-state index contributed by atoms with van der Waals surface area (Å²) in [6.45, 7) is 0. The van der Waals surface area contributed by atoms with Crippen LogP contribution in [0.1, 0.15) is 0 Å². The molecule has 0 aromatic heterocycles. The summed E-state index contributed by atoms with van der Waals surface area (Å²) in [6.07, 6.45) is 0. The van der Waals surface area contributed by atoms with Crippen LogP contribution in [0.4, 0.5) is 0 Å². The predicted molar refractivity (Wildman–Crippen MR) is 206 cm³/mol. The second kappa shape index (κ2) is 11.8. The van der Waals surface area contributed by atoms with Crippen LogP contribution in [-0.4, -0.2) is 0 Å². The Kier molecular flexibility index (Phi) is 6.91. The summed E-state index contributed by atoms with van der Waals surface area (Å²) in [5, 5.41) is 7.56. The minimum absolute atomic E-state index is 1.21. The molecule has 0 heterocycles. The van der Waals surface area contributed by atoms with Crippen molar-refractivity contribution in [1.82, 2.24) is 0 Å². The largest absolute Gasteiger partial charge is 0.0622 e. The van der Waals surface area contributed by atoms with Gasteiger partial charge in [0.2, 0.25) is 0 Å². The molecule has 0 unspecified atom stereocenters. The topological polar surface area (TPSA) is 0 Å². The molecular formula is C48H32. The second-order valence-electron chi connectivity index (χ2n) is 12.5. The molecule has 9 aromatic carbocycles. The first-order chi connectivity index (χ1) is 23.8. The molecule has 9 rings (SSSR count). The molecule has 0 aliphatic carbocycles. The number of hydrogen-bond donors (Lipinski definition) is 0. The van der Waals surface area contributed by atoms with Crippen LogP contribution in [0.3, 0.4) is 0 Å². The Balaban J connectivity index is 1.33. The molecule has 0 bridgehead atoms. The molecule has 0 amide bonds. The summed E-state index contributed by atoms with van der Waals surface area (Å²) in [5.74, 6) is 0. The standard InChI is InChI=1S/C48H32/c1-3-13-33(14-4-1)35-25-27-37(28-26-35)47-43-22-9-10-23-44(43)48(42-24-12-18-36-17-7-8-21-41(36)42)45-30-29-40(32-46(45)47)39-20-11-19-38(31-39)34-15-5-2-6-16-34/h1-32H. The Bertz CT molecular complexity index is 2570. The van der Waals surface area contributed by atoms with Gasteiger partial charge in [-0.05, 0) is 100 Å². The molecule has 48 heavy (non-hydrogen) atoms. The number of benzene rings is 9. The van der Waals surface area contributed by atoms with Gasteiger partial charge < -0.3 is 0 Å².